The SMILES string of the molecule is C=CC(=O)OCCC(C)(C)OC(=O)CCCCCC(C)(C)O. The summed E-state index contributed by atoms with van der Waals surface area (Å²) >= 11 is 0. The molecule has 22 heavy (non-hydrogen) atoms. The quantitative estimate of drug-likeness (QED) is 0.360. The lowest BCUT2D eigenvalue weighted by Crippen LogP contribution is -2.30. The number of hydrogen-bond acceptors (Lipinski definition) is 5. The molecular weight excluding hydrogens is 284 g/mol. The molecule has 128 valence electrons. The van der Waals surface area contributed by atoms with Gasteiger partial charge in [0.1, 0.15) is 5.60 Å². The zero-order valence-corrected chi connectivity index (χ0v) is 14.3. The molecular formula is C17H30O5. The molecule has 5 nitrogen and oxygen atoms in total. The molecule has 0 aromatic rings. The number of hydrogen-bond donors (Lipinski definition) is 1. The Morgan fingerprint density at radius 2 is 1.73 bits per heavy atom. The Kier molecular flexibility index (Phi) is 9.02. The van der Waals surface area contributed by atoms with Crippen LogP contribution in [0, 0.1) is 0 Å². The molecule has 0 unspecified atom stereocenters. The average Bonchev–Trinajstić information content (AvgIpc) is 2.35. The maximum atomic E-state index is 11.8. The predicted molar refractivity (Wildman–Crippen MR) is 85.3 cm³/mol. The van der Waals surface area contributed by atoms with E-state index in [0.29, 0.717) is 12.8 Å². The number of ether oxygens (including phenoxy) is 2. The Bertz CT molecular complexity index is 366. The zero-order valence-electron chi connectivity index (χ0n) is 14.3. The number of rotatable bonds is 11. The largest absolute Gasteiger partial charge is 0.462 e. The molecule has 0 aliphatic heterocycles. The predicted octanol–water partition coefficient (Wildman–Crippen LogP) is 3.15. The first kappa shape index (κ1) is 20.6. The minimum atomic E-state index is -0.661. The summed E-state index contributed by atoms with van der Waals surface area (Å²) in [6.45, 7) is 10.7. The van der Waals surface area contributed by atoms with Crippen molar-refractivity contribution >= 4 is 11.9 Å². The maximum Gasteiger partial charge on any atom is 0.330 e. The van der Waals surface area contributed by atoms with Gasteiger partial charge in [-0.1, -0.05) is 19.4 Å². The molecule has 0 aliphatic carbocycles. The molecule has 0 atom stereocenters. The second-order valence-electron chi connectivity index (χ2n) is 6.73. The van der Waals surface area contributed by atoms with E-state index in [-0.39, 0.29) is 12.6 Å². The number of aliphatic hydroxyl groups is 1. The normalized spacial score (nSPS) is 11.9. The van der Waals surface area contributed by atoms with Gasteiger partial charge in [0.2, 0.25) is 0 Å². The summed E-state index contributed by atoms with van der Waals surface area (Å²) in [6, 6.07) is 0. The van der Waals surface area contributed by atoms with Crippen molar-refractivity contribution in [2.24, 2.45) is 0 Å². The third kappa shape index (κ3) is 12.4. The van der Waals surface area contributed by atoms with Crippen molar-refractivity contribution in [3.05, 3.63) is 12.7 Å². The lowest BCUT2D eigenvalue weighted by Gasteiger charge is -2.25. The fourth-order valence-electron chi connectivity index (χ4n) is 1.87. The molecule has 0 spiro atoms. The molecule has 0 bridgehead atoms. The Labute approximate surface area is 133 Å². The van der Waals surface area contributed by atoms with Gasteiger partial charge in [-0.15, -0.1) is 0 Å². The highest BCUT2D eigenvalue weighted by Crippen LogP contribution is 2.18. The molecule has 0 fully saturated rings. The van der Waals surface area contributed by atoms with E-state index >= 15 is 0 Å². The molecule has 1 N–H and O–H groups in total. The molecule has 0 radical (unpaired) electrons. The molecule has 0 heterocycles. The molecule has 0 aliphatic rings. The lowest BCUT2D eigenvalue weighted by atomic mass is 10.0. The highest BCUT2D eigenvalue weighted by atomic mass is 16.6. The third-order valence-corrected chi connectivity index (χ3v) is 3.17. The fraction of sp³-hybridized carbons (Fsp3) is 0.765. The van der Waals surface area contributed by atoms with Crippen molar-refractivity contribution in [2.75, 3.05) is 6.61 Å². The van der Waals surface area contributed by atoms with Crippen LogP contribution in [0.2, 0.25) is 0 Å². The zero-order chi connectivity index (χ0) is 17.2. The van der Waals surface area contributed by atoms with Gasteiger partial charge in [-0.05, 0) is 40.5 Å². The highest BCUT2D eigenvalue weighted by Gasteiger charge is 2.23. The van der Waals surface area contributed by atoms with Crippen molar-refractivity contribution in [1.29, 1.82) is 0 Å². The van der Waals surface area contributed by atoms with Gasteiger partial charge in [-0.25, -0.2) is 4.79 Å². The van der Waals surface area contributed by atoms with Gasteiger partial charge in [-0.2, -0.15) is 0 Å². The maximum absolute atomic E-state index is 11.8. The Morgan fingerprint density at radius 3 is 2.27 bits per heavy atom. The van der Waals surface area contributed by atoms with Crippen LogP contribution in [0.1, 0.15) is 66.2 Å². The van der Waals surface area contributed by atoms with E-state index in [2.05, 4.69) is 6.58 Å². The first-order chi connectivity index (χ1) is 10.1. The summed E-state index contributed by atoms with van der Waals surface area (Å²) in [5.41, 5.74) is -1.31. The molecule has 0 saturated carbocycles. The van der Waals surface area contributed by atoms with Gasteiger partial charge in [0.15, 0.2) is 0 Å². The van der Waals surface area contributed by atoms with Gasteiger partial charge in [0.25, 0.3) is 0 Å². The number of carbonyl (C=O) groups excluding carboxylic acids is 2. The van der Waals surface area contributed by atoms with E-state index in [4.69, 9.17) is 9.47 Å². The number of unbranched alkanes of at least 4 members (excludes halogenated alkanes) is 2. The summed E-state index contributed by atoms with van der Waals surface area (Å²) in [4.78, 5) is 22.7. The van der Waals surface area contributed by atoms with Crippen molar-refractivity contribution in [3.63, 3.8) is 0 Å². The van der Waals surface area contributed by atoms with Crippen LogP contribution in [0.4, 0.5) is 0 Å². The summed E-state index contributed by atoms with van der Waals surface area (Å²) in [6.07, 6.45) is 5.15. The van der Waals surface area contributed by atoms with E-state index < -0.39 is 17.2 Å². The van der Waals surface area contributed by atoms with E-state index in [1.165, 1.54) is 0 Å². The van der Waals surface area contributed by atoms with Crippen molar-refractivity contribution < 1.29 is 24.2 Å². The van der Waals surface area contributed by atoms with Crippen LogP contribution in [0.3, 0.4) is 0 Å². The van der Waals surface area contributed by atoms with Crippen LogP contribution in [0.5, 0.6) is 0 Å². The molecule has 0 rings (SSSR count). The minimum absolute atomic E-state index is 0.191. The first-order valence-electron chi connectivity index (χ1n) is 7.79. The van der Waals surface area contributed by atoms with Crippen LogP contribution >= 0.6 is 0 Å². The smallest absolute Gasteiger partial charge is 0.330 e. The summed E-state index contributed by atoms with van der Waals surface area (Å²) in [7, 11) is 0. The van der Waals surface area contributed by atoms with Gasteiger partial charge < -0.3 is 14.6 Å². The highest BCUT2D eigenvalue weighted by molar-refractivity contribution is 5.81. The fourth-order valence-corrected chi connectivity index (χ4v) is 1.87. The van der Waals surface area contributed by atoms with E-state index in [1.54, 1.807) is 27.7 Å². The Morgan fingerprint density at radius 1 is 1.09 bits per heavy atom. The summed E-state index contributed by atoms with van der Waals surface area (Å²) in [5.74, 6) is -0.725. The van der Waals surface area contributed by atoms with E-state index in [9.17, 15) is 14.7 Å². The molecule has 0 saturated heterocycles. The van der Waals surface area contributed by atoms with Gasteiger partial charge >= 0.3 is 11.9 Å². The molecule has 0 aromatic carbocycles. The average molecular weight is 314 g/mol. The third-order valence-electron chi connectivity index (χ3n) is 3.17. The van der Waals surface area contributed by atoms with Crippen LogP contribution in [-0.4, -0.2) is 34.9 Å². The summed E-state index contributed by atoms with van der Waals surface area (Å²) < 4.78 is 10.3. The summed E-state index contributed by atoms with van der Waals surface area (Å²) in [5, 5.41) is 9.58. The van der Waals surface area contributed by atoms with Crippen molar-refractivity contribution in [1.82, 2.24) is 0 Å². The lowest BCUT2D eigenvalue weighted by molar-refractivity contribution is -0.158. The molecule has 5 heteroatoms. The van der Waals surface area contributed by atoms with E-state index in [1.807, 2.05) is 0 Å². The Hall–Kier alpha value is -1.36. The minimum Gasteiger partial charge on any atom is -0.462 e. The van der Waals surface area contributed by atoms with Crippen LogP contribution in [-0.2, 0) is 19.1 Å². The topological polar surface area (TPSA) is 72.8 Å². The Balaban J connectivity index is 3.84. The van der Waals surface area contributed by atoms with E-state index in [0.717, 1.165) is 31.8 Å². The van der Waals surface area contributed by atoms with Crippen LogP contribution in [0.25, 0.3) is 0 Å². The number of carbonyl (C=O) groups is 2. The molecule has 0 aromatic heterocycles. The second-order valence-corrected chi connectivity index (χ2v) is 6.73. The monoisotopic (exact) mass is 314 g/mol. The standard InChI is InChI=1S/C17H30O5/c1-6-14(18)21-13-12-17(4,5)22-15(19)10-8-7-9-11-16(2,3)20/h6,20H,1,7-13H2,2-5H3. The van der Waals surface area contributed by atoms with Crippen LogP contribution < -0.4 is 0 Å². The van der Waals surface area contributed by atoms with Crippen molar-refractivity contribution in [3.8, 4) is 0 Å². The van der Waals surface area contributed by atoms with Gasteiger partial charge in [-0.3, -0.25) is 4.79 Å². The van der Waals surface area contributed by atoms with Gasteiger partial charge in [0.05, 0.1) is 12.2 Å². The first-order valence-corrected chi connectivity index (χ1v) is 7.79. The van der Waals surface area contributed by atoms with Crippen LogP contribution in [0.15, 0.2) is 12.7 Å². The number of esters is 2. The van der Waals surface area contributed by atoms with Gasteiger partial charge in [0, 0.05) is 18.9 Å². The van der Waals surface area contributed by atoms with Crippen molar-refractivity contribution in [2.45, 2.75) is 77.4 Å². The second kappa shape index (κ2) is 9.62. The molecule has 0 amide bonds.